The summed E-state index contributed by atoms with van der Waals surface area (Å²) < 4.78 is 0. The molecule has 3 rings (SSSR count). The molecular weight excluding hydrogens is 280 g/mol. The number of nitrogens with zero attached hydrogens (tertiary/aromatic N) is 2. The van der Waals surface area contributed by atoms with Gasteiger partial charge in [0.05, 0.1) is 11.9 Å². The van der Waals surface area contributed by atoms with Gasteiger partial charge in [-0.15, -0.1) is 0 Å². The fourth-order valence-corrected chi connectivity index (χ4v) is 4.16. The average molecular weight is 313 g/mol. The molecule has 1 aliphatic heterocycles. The van der Waals surface area contributed by atoms with Gasteiger partial charge in [0, 0.05) is 25.4 Å². The number of unbranched alkanes of at least 4 members (excludes halogenated alkanes) is 1. The van der Waals surface area contributed by atoms with E-state index in [-0.39, 0.29) is 0 Å². The van der Waals surface area contributed by atoms with Crippen LogP contribution in [0, 0.1) is 0 Å². The van der Waals surface area contributed by atoms with E-state index in [0.29, 0.717) is 12.0 Å². The van der Waals surface area contributed by atoms with E-state index in [4.69, 9.17) is 4.99 Å². The molecule has 0 N–H and O–H groups in total. The van der Waals surface area contributed by atoms with E-state index < -0.39 is 0 Å². The van der Waals surface area contributed by atoms with Crippen LogP contribution in [0.15, 0.2) is 35.3 Å². The zero-order valence-electron chi connectivity index (χ0n) is 14.7. The number of benzene rings is 1. The van der Waals surface area contributed by atoms with Crippen LogP contribution in [0.1, 0.15) is 76.2 Å². The van der Waals surface area contributed by atoms with Crippen LogP contribution in [-0.4, -0.2) is 29.9 Å². The Hall–Kier alpha value is -1.31. The van der Waals surface area contributed by atoms with Crippen molar-refractivity contribution in [3.8, 4) is 0 Å². The maximum Gasteiger partial charge on any atom is 0.0992 e. The van der Waals surface area contributed by atoms with Crippen LogP contribution in [0.25, 0.3) is 0 Å². The lowest BCUT2D eigenvalue weighted by Crippen LogP contribution is -2.33. The van der Waals surface area contributed by atoms with E-state index in [9.17, 15) is 0 Å². The number of rotatable bonds is 5. The molecular formula is C21H32N2. The highest BCUT2D eigenvalue weighted by atomic mass is 15.2. The van der Waals surface area contributed by atoms with Crippen molar-refractivity contribution >= 4 is 5.84 Å². The number of hydrogen-bond acceptors (Lipinski definition) is 1. The summed E-state index contributed by atoms with van der Waals surface area (Å²) in [6, 6.07) is 11.6. The second-order valence-electron chi connectivity index (χ2n) is 7.21. The molecule has 2 fully saturated rings. The van der Waals surface area contributed by atoms with Gasteiger partial charge in [-0.05, 0) is 37.7 Å². The number of likely N-dealkylation sites (tertiary alicyclic amines) is 1. The molecule has 1 heterocycles. The van der Waals surface area contributed by atoms with Crippen molar-refractivity contribution in [1.82, 2.24) is 4.90 Å². The minimum Gasteiger partial charge on any atom is -0.360 e. The predicted octanol–water partition coefficient (Wildman–Crippen LogP) is 5.40. The van der Waals surface area contributed by atoms with E-state index in [1.54, 1.807) is 0 Å². The van der Waals surface area contributed by atoms with Crippen molar-refractivity contribution in [2.75, 3.05) is 13.1 Å². The van der Waals surface area contributed by atoms with Crippen LogP contribution in [0.5, 0.6) is 0 Å². The monoisotopic (exact) mass is 312 g/mol. The van der Waals surface area contributed by atoms with Gasteiger partial charge in [0.2, 0.25) is 0 Å². The molecule has 1 saturated carbocycles. The molecule has 2 unspecified atom stereocenters. The van der Waals surface area contributed by atoms with Crippen LogP contribution < -0.4 is 0 Å². The third-order valence-corrected chi connectivity index (χ3v) is 5.50. The zero-order valence-corrected chi connectivity index (χ0v) is 14.7. The molecule has 23 heavy (non-hydrogen) atoms. The summed E-state index contributed by atoms with van der Waals surface area (Å²) in [5.41, 5.74) is 1.49. The Kier molecular flexibility index (Phi) is 6.13. The van der Waals surface area contributed by atoms with Crippen LogP contribution in [0.4, 0.5) is 0 Å². The van der Waals surface area contributed by atoms with Crippen molar-refractivity contribution < 1.29 is 0 Å². The molecule has 1 saturated heterocycles. The molecule has 2 aliphatic rings. The molecule has 1 aliphatic carbocycles. The van der Waals surface area contributed by atoms with Gasteiger partial charge in [-0.3, -0.25) is 4.99 Å². The second kappa shape index (κ2) is 8.52. The molecule has 1 aromatic carbocycles. The van der Waals surface area contributed by atoms with Gasteiger partial charge in [-0.25, -0.2) is 0 Å². The Bertz CT molecular complexity index is 494. The van der Waals surface area contributed by atoms with E-state index in [2.05, 4.69) is 42.2 Å². The van der Waals surface area contributed by atoms with Gasteiger partial charge < -0.3 is 4.90 Å². The smallest absolute Gasteiger partial charge is 0.0992 e. The molecule has 0 radical (unpaired) electrons. The van der Waals surface area contributed by atoms with E-state index in [1.165, 1.54) is 82.3 Å². The van der Waals surface area contributed by atoms with E-state index >= 15 is 0 Å². The van der Waals surface area contributed by atoms with Gasteiger partial charge in [0.15, 0.2) is 0 Å². The molecule has 0 spiro atoms. The summed E-state index contributed by atoms with van der Waals surface area (Å²) in [6.07, 6.45) is 11.7. The van der Waals surface area contributed by atoms with E-state index in [0.717, 1.165) is 0 Å². The molecule has 2 nitrogen and oxygen atoms in total. The highest BCUT2D eigenvalue weighted by Crippen LogP contribution is 2.37. The molecule has 0 amide bonds. The molecule has 1 aromatic rings. The van der Waals surface area contributed by atoms with Crippen molar-refractivity contribution in [1.29, 1.82) is 0 Å². The highest BCUT2D eigenvalue weighted by molar-refractivity contribution is 5.82. The molecule has 2 atom stereocenters. The van der Waals surface area contributed by atoms with Gasteiger partial charge in [0.25, 0.3) is 0 Å². The van der Waals surface area contributed by atoms with Gasteiger partial charge in [-0.2, -0.15) is 0 Å². The van der Waals surface area contributed by atoms with E-state index in [1.807, 2.05) is 0 Å². The third-order valence-electron chi connectivity index (χ3n) is 5.50. The standard InChI is InChI=1S/C21H32N2/c1-2-3-16-23-17-9-5-8-15-21(23)22-20-14-10-13-19(20)18-11-6-4-7-12-18/h4,6-7,11-12,19-20H,2-3,5,8-10,13-17H2,1H3. The topological polar surface area (TPSA) is 15.6 Å². The Labute approximate surface area is 142 Å². The Morgan fingerprint density at radius 2 is 1.91 bits per heavy atom. The lowest BCUT2D eigenvalue weighted by atomic mass is 9.94. The van der Waals surface area contributed by atoms with Crippen LogP contribution in [0.3, 0.4) is 0 Å². The molecule has 2 heteroatoms. The fraction of sp³-hybridized carbons (Fsp3) is 0.667. The lowest BCUT2D eigenvalue weighted by molar-refractivity contribution is 0.399. The second-order valence-corrected chi connectivity index (χ2v) is 7.21. The van der Waals surface area contributed by atoms with Gasteiger partial charge in [-0.1, -0.05) is 56.5 Å². The highest BCUT2D eigenvalue weighted by Gasteiger charge is 2.29. The third kappa shape index (κ3) is 4.37. The van der Waals surface area contributed by atoms with Crippen LogP contribution >= 0.6 is 0 Å². The maximum atomic E-state index is 5.33. The number of hydrogen-bond donors (Lipinski definition) is 0. The SMILES string of the molecule is CCCCN1CCCCCC1=NC1CCCC1c1ccccc1. The Morgan fingerprint density at radius 3 is 2.74 bits per heavy atom. The first-order chi connectivity index (χ1) is 11.4. The maximum absolute atomic E-state index is 5.33. The minimum atomic E-state index is 0.509. The Balaban J connectivity index is 1.76. The normalized spacial score (nSPS) is 27.3. The van der Waals surface area contributed by atoms with Crippen LogP contribution in [-0.2, 0) is 0 Å². The summed E-state index contributed by atoms with van der Waals surface area (Å²) in [7, 11) is 0. The largest absolute Gasteiger partial charge is 0.360 e. The van der Waals surface area contributed by atoms with Crippen molar-refractivity contribution in [2.24, 2.45) is 4.99 Å². The Morgan fingerprint density at radius 1 is 1.04 bits per heavy atom. The molecule has 0 aromatic heterocycles. The molecule has 0 bridgehead atoms. The zero-order chi connectivity index (χ0) is 15.9. The van der Waals surface area contributed by atoms with Crippen molar-refractivity contribution in [3.63, 3.8) is 0 Å². The average Bonchev–Trinajstić information content (AvgIpc) is 2.94. The first kappa shape index (κ1) is 16.5. The minimum absolute atomic E-state index is 0.509. The fourth-order valence-electron chi connectivity index (χ4n) is 4.16. The number of amidine groups is 1. The van der Waals surface area contributed by atoms with Crippen molar-refractivity contribution in [3.05, 3.63) is 35.9 Å². The van der Waals surface area contributed by atoms with Gasteiger partial charge >= 0.3 is 0 Å². The quantitative estimate of drug-likeness (QED) is 0.711. The summed E-state index contributed by atoms with van der Waals surface area (Å²) in [5, 5.41) is 0. The van der Waals surface area contributed by atoms with Gasteiger partial charge in [0.1, 0.15) is 0 Å². The van der Waals surface area contributed by atoms with Crippen LogP contribution in [0.2, 0.25) is 0 Å². The lowest BCUT2D eigenvalue weighted by Gasteiger charge is -2.26. The first-order valence-corrected chi connectivity index (χ1v) is 9.75. The first-order valence-electron chi connectivity index (χ1n) is 9.75. The summed E-state index contributed by atoms with van der Waals surface area (Å²) in [4.78, 5) is 7.94. The summed E-state index contributed by atoms with van der Waals surface area (Å²) >= 11 is 0. The summed E-state index contributed by atoms with van der Waals surface area (Å²) in [6.45, 7) is 4.72. The van der Waals surface area contributed by atoms with Crippen molar-refractivity contribution in [2.45, 2.75) is 76.7 Å². The molecule has 126 valence electrons. The summed E-state index contributed by atoms with van der Waals surface area (Å²) in [5.74, 6) is 2.06. The number of aliphatic imine (C=N–C) groups is 1. The predicted molar refractivity (Wildman–Crippen MR) is 99.2 cm³/mol.